The van der Waals surface area contributed by atoms with Crippen LogP contribution in [-0.4, -0.2) is 51.6 Å². The van der Waals surface area contributed by atoms with Gasteiger partial charge >= 0.3 is 5.97 Å². The third-order valence-corrected chi connectivity index (χ3v) is 7.72. The molecule has 0 spiro atoms. The molecule has 8 nitrogen and oxygen atoms in total. The number of rotatable bonds is 13. The van der Waals surface area contributed by atoms with Crippen molar-refractivity contribution in [2.24, 2.45) is 0 Å². The molecule has 0 bridgehead atoms. The van der Waals surface area contributed by atoms with E-state index in [1.807, 2.05) is 6.07 Å². The van der Waals surface area contributed by atoms with E-state index < -0.39 is 27.8 Å². The van der Waals surface area contributed by atoms with Gasteiger partial charge in [0.25, 0.3) is 5.91 Å². The molecule has 0 radical (unpaired) electrons. The highest BCUT2D eigenvalue weighted by molar-refractivity contribution is 7.91. The highest BCUT2D eigenvalue weighted by atomic mass is 35.5. The number of benzene rings is 3. The van der Waals surface area contributed by atoms with E-state index in [2.05, 4.69) is 10.6 Å². The Bertz CT molecular complexity index is 1350. The number of ether oxygens (including phenoxy) is 1. The number of carbonyl (C=O) groups excluding carboxylic acids is 2. The van der Waals surface area contributed by atoms with E-state index in [0.29, 0.717) is 24.5 Å². The van der Waals surface area contributed by atoms with Crippen molar-refractivity contribution in [3.8, 4) is 0 Å². The van der Waals surface area contributed by atoms with Crippen LogP contribution < -0.4 is 10.6 Å². The average Bonchev–Trinajstić information content (AvgIpc) is 2.91. The Labute approximate surface area is 240 Å². The van der Waals surface area contributed by atoms with Crippen molar-refractivity contribution in [1.82, 2.24) is 10.6 Å². The van der Waals surface area contributed by atoms with E-state index in [1.54, 1.807) is 37.3 Å². The molecule has 210 valence electrons. The van der Waals surface area contributed by atoms with Gasteiger partial charge in [-0.1, -0.05) is 41.9 Å². The molecular weight excluding hydrogens is 563 g/mol. The van der Waals surface area contributed by atoms with Gasteiger partial charge in [0.15, 0.2) is 0 Å². The summed E-state index contributed by atoms with van der Waals surface area (Å²) in [6.45, 7) is 3.01. The van der Waals surface area contributed by atoms with Crippen molar-refractivity contribution in [1.29, 1.82) is 0 Å². The van der Waals surface area contributed by atoms with Crippen LogP contribution in [0.4, 0.5) is 0 Å². The van der Waals surface area contributed by atoms with Crippen molar-refractivity contribution >= 4 is 45.7 Å². The number of aliphatic hydroxyl groups is 1. The molecule has 3 rings (SSSR count). The molecule has 39 heavy (non-hydrogen) atoms. The van der Waals surface area contributed by atoms with Crippen molar-refractivity contribution in [2.45, 2.75) is 35.7 Å². The fraction of sp³-hybridized carbons (Fsp3) is 0.286. The van der Waals surface area contributed by atoms with Crippen LogP contribution in [0.3, 0.4) is 0 Å². The number of hydrogen-bond acceptors (Lipinski definition) is 7. The first kappa shape index (κ1) is 32.3. The molecule has 3 aromatic rings. The van der Waals surface area contributed by atoms with Gasteiger partial charge in [-0.2, -0.15) is 0 Å². The maximum absolute atomic E-state index is 13.1. The van der Waals surface area contributed by atoms with Gasteiger partial charge in [-0.3, -0.25) is 9.59 Å². The molecule has 0 aliphatic rings. The smallest absolute Gasteiger partial charge is 0.307 e. The van der Waals surface area contributed by atoms with Gasteiger partial charge in [-0.15, -0.1) is 12.4 Å². The summed E-state index contributed by atoms with van der Waals surface area (Å²) >= 11 is 5.97. The lowest BCUT2D eigenvalue weighted by Crippen LogP contribution is -2.26. The Balaban J connectivity index is 0.00000533. The van der Waals surface area contributed by atoms with Gasteiger partial charge in [0, 0.05) is 23.7 Å². The second-order valence-corrected chi connectivity index (χ2v) is 10.9. The standard InChI is InChI=1S/C28H31ClN2O6S.ClH/c1-2-37-27(33)14-16-31-28(34)22-6-4-8-25(18-22)38(35,36)24-11-9-20(10-12-24)13-15-30-19-26(32)21-5-3-7-23(29)17-21;/h3-12,17-18,26,30,32H,2,13-16,19H2,1H3,(H,31,34);1H/t26-;/m0./s1. The second-order valence-electron chi connectivity index (χ2n) is 8.51. The normalized spacial score (nSPS) is 11.8. The van der Waals surface area contributed by atoms with Crippen LogP contribution in [0.2, 0.25) is 5.02 Å². The molecule has 1 atom stereocenters. The largest absolute Gasteiger partial charge is 0.466 e. The zero-order valence-electron chi connectivity index (χ0n) is 21.4. The van der Waals surface area contributed by atoms with Gasteiger partial charge in [-0.05, 0) is 73.5 Å². The Kier molecular flexibility index (Phi) is 12.9. The molecule has 0 fully saturated rings. The molecule has 0 aliphatic carbocycles. The number of hydrogen-bond donors (Lipinski definition) is 3. The summed E-state index contributed by atoms with van der Waals surface area (Å²) in [5.41, 5.74) is 1.85. The van der Waals surface area contributed by atoms with Crippen LogP contribution in [0.25, 0.3) is 0 Å². The third kappa shape index (κ3) is 9.63. The summed E-state index contributed by atoms with van der Waals surface area (Å²) in [5, 5.41) is 16.6. The van der Waals surface area contributed by atoms with Crippen LogP contribution in [0, 0.1) is 0 Å². The van der Waals surface area contributed by atoms with E-state index in [1.165, 1.54) is 36.4 Å². The van der Waals surface area contributed by atoms with E-state index in [9.17, 15) is 23.1 Å². The summed E-state index contributed by atoms with van der Waals surface area (Å²) in [5.74, 6) is -0.895. The van der Waals surface area contributed by atoms with Crippen molar-refractivity contribution in [2.75, 3.05) is 26.2 Å². The van der Waals surface area contributed by atoms with E-state index in [4.69, 9.17) is 16.3 Å². The minimum atomic E-state index is -3.84. The van der Waals surface area contributed by atoms with Crippen LogP contribution in [-0.2, 0) is 25.8 Å². The monoisotopic (exact) mass is 594 g/mol. The number of aliphatic hydroxyl groups excluding tert-OH is 1. The SMILES string of the molecule is CCOC(=O)CCNC(=O)c1cccc(S(=O)(=O)c2ccc(CCNC[C@H](O)c3cccc(Cl)c3)cc2)c1.Cl. The molecule has 0 heterocycles. The first-order valence-corrected chi connectivity index (χ1v) is 14.1. The zero-order chi connectivity index (χ0) is 27.5. The molecular formula is C28H32Cl2N2O6S. The Morgan fingerprint density at radius 2 is 1.69 bits per heavy atom. The molecule has 0 unspecified atom stereocenters. The number of amides is 1. The van der Waals surface area contributed by atoms with Crippen molar-refractivity contribution in [3.63, 3.8) is 0 Å². The minimum Gasteiger partial charge on any atom is -0.466 e. The first-order valence-electron chi connectivity index (χ1n) is 12.2. The third-order valence-electron chi connectivity index (χ3n) is 5.72. The number of halogens is 2. The lowest BCUT2D eigenvalue weighted by atomic mass is 10.1. The summed E-state index contributed by atoms with van der Waals surface area (Å²) in [4.78, 5) is 24.0. The Morgan fingerprint density at radius 1 is 0.974 bits per heavy atom. The van der Waals surface area contributed by atoms with Gasteiger partial charge in [0.2, 0.25) is 9.84 Å². The summed E-state index contributed by atoms with van der Waals surface area (Å²) < 4.78 is 31.1. The number of nitrogens with one attached hydrogen (secondary N) is 2. The number of esters is 1. The number of carbonyl (C=O) groups is 2. The van der Waals surface area contributed by atoms with Crippen LogP contribution in [0.1, 0.15) is 40.9 Å². The quantitative estimate of drug-likeness (QED) is 0.201. The predicted octanol–water partition coefficient (Wildman–Crippen LogP) is 4.14. The highest BCUT2D eigenvalue weighted by Gasteiger charge is 2.19. The Morgan fingerprint density at radius 3 is 2.38 bits per heavy atom. The molecule has 3 aromatic carbocycles. The van der Waals surface area contributed by atoms with Crippen LogP contribution in [0.5, 0.6) is 0 Å². The molecule has 0 saturated heterocycles. The molecule has 3 N–H and O–H groups in total. The summed E-state index contributed by atoms with van der Waals surface area (Å²) in [6, 6.07) is 19.4. The van der Waals surface area contributed by atoms with E-state index in [0.717, 1.165) is 11.1 Å². The van der Waals surface area contributed by atoms with Gasteiger partial charge in [0.05, 0.1) is 28.9 Å². The molecule has 11 heteroatoms. The zero-order valence-corrected chi connectivity index (χ0v) is 23.8. The molecule has 0 aliphatic heterocycles. The fourth-order valence-corrected chi connectivity index (χ4v) is 5.20. The Hall–Kier alpha value is -2.95. The maximum atomic E-state index is 13.1. The fourth-order valence-electron chi connectivity index (χ4n) is 3.69. The highest BCUT2D eigenvalue weighted by Crippen LogP contribution is 2.22. The predicted molar refractivity (Wildman–Crippen MR) is 152 cm³/mol. The summed E-state index contributed by atoms with van der Waals surface area (Å²) in [7, 11) is -3.84. The van der Waals surface area contributed by atoms with E-state index >= 15 is 0 Å². The summed E-state index contributed by atoms with van der Waals surface area (Å²) in [6.07, 6.45) is -0.0111. The van der Waals surface area contributed by atoms with Crippen molar-refractivity contribution < 1.29 is 27.9 Å². The molecule has 1 amide bonds. The minimum absolute atomic E-state index is 0. The van der Waals surface area contributed by atoms with E-state index in [-0.39, 0.29) is 47.3 Å². The maximum Gasteiger partial charge on any atom is 0.307 e. The number of sulfone groups is 1. The topological polar surface area (TPSA) is 122 Å². The van der Waals surface area contributed by atoms with Gasteiger partial charge < -0.3 is 20.5 Å². The molecule has 0 aromatic heterocycles. The lowest BCUT2D eigenvalue weighted by Gasteiger charge is -2.13. The molecule has 0 saturated carbocycles. The van der Waals surface area contributed by atoms with Gasteiger partial charge in [-0.25, -0.2) is 8.42 Å². The second kappa shape index (κ2) is 15.6. The average molecular weight is 596 g/mol. The first-order chi connectivity index (χ1) is 18.2. The van der Waals surface area contributed by atoms with Crippen LogP contribution >= 0.6 is 24.0 Å². The van der Waals surface area contributed by atoms with Crippen molar-refractivity contribution in [3.05, 3.63) is 94.5 Å². The van der Waals surface area contributed by atoms with Crippen LogP contribution in [0.15, 0.2) is 82.6 Å². The lowest BCUT2D eigenvalue weighted by molar-refractivity contribution is -0.142. The van der Waals surface area contributed by atoms with Gasteiger partial charge in [0.1, 0.15) is 0 Å².